The summed E-state index contributed by atoms with van der Waals surface area (Å²) in [6.07, 6.45) is 0. The van der Waals surface area contributed by atoms with Crippen LogP contribution in [0, 0.1) is 0 Å². The smallest absolute Gasteiger partial charge is 0.251 e. The van der Waals surface area contributed by atoms with E-state index in [4.69, 9.17) is 16.7 Å². The van der Waals surface area contributed by atoms with E-state index in [-0.39, 0.29) is 18.6 Å². The maximum Gasteiger partial charge on any atom is 0.251 e. The molecule has 0 heterocycles. The lowest BCUT2D eigenvalue weighted by Crippen LogP contribution is -2.34. The number of aliphatic hydroxyl groups excluding tert-OH is 1. The van der Waals surface area contributed by atoms with E-state index in [1.807, 2.05) is 0 Å². The zero-order valence-electron chi connectivity index (χ0n) is 7.83. The van der Waals surface area contributed by atoms with Gasteiger partial charge in [0.1, 0.15) is 0 Å². The summed E-state index contributed by atoms with van der Waals surface area (Å²) in [5.74, 6) is -0.205. The Morgan fingerprint density at radius 1 is 1.50 bits per heavy atom. The molecule has 2 N–H and O–H groups in total. The van der Waals surface area contributed by atoms with Gasteiger partial charge >= 0.3 is 0 Å². The third-order valence-corrected chi connectivity index (χ3v) is 2.01. The van der Waals surface area contributed by atoms with Gasteiger partial charge < -0.3 is 10.4 Å². The van der Waals surface area contributed by atoms with Crippen LogP contribution >= 0.6 is 11.6 Å². The summed E-state index contributed by atoms with van der Waals surface area (Å²) < 4.78 is 0. The number of benzene rings is 1. The Kier molecular flexibility index (Phi) is 3.92. The number of halogens is 1. The van der Waals surface area contributed by atoms with Crippen molar-refractivity contribution < 1.29 is 9.90 Å². The zero-order chi connectivity index (χ0) is 10.6. The average Bonchev–Trinajstić information content (AvgIpc) is 2.18. The molecule has 14 heavy (non-hydrogen) atoms. The molecule has 0 aliphatic heterocycles. The van der Waals surface area contributed by atoms with Gasteiger partial charge in [-0.25, -0.2) is 0 Å². The lowest BCUT2D eigenvalue weighted by atomic mass is 10.2. The number of nitrogens with one attached hydrogen (secondary N) is 1. The number of hydrogen-bond donors (Lipinski definition) is 2. The zero-order valence-corrected chi connectivity index (χ0v) is 8.58. The van der Waals surface area contributed by atoms with Crippen LogP contribution in [0.2, 0.25) is 5.02 Å². The third kappa shape index (κ3) is 3.01. The minimum Gasteiger partial charge on any atom is -0.394 e. The molecular weight excluding hydrogens is 202 g/mol. The predicted molar refractivity (Wildman–Crippen MR) is 55.5 cm³/mol. The summed E-state index contributed by atoms with van der Waals surface area (Å²) >= 11 is 5.68. The molecule has 0 unspecified atom stereocenters. The van der Waals surface area contributed by atoms with Crippen molar-refractivity contribution in [2.45, 2.75) is 13.0 Å². The summed E-state index contributed by atoms with van der Waals surface area (Å²) in [5, 5.41) is 12.0. The Morgan fingerprint density at radius 3 is 2.57 bits per heavy atom. The quantitative estimate of drug-likeness (QED) is 0.799. The highest BCUT2D eigenvalue weighted by Gasteiger charge is 2.07. The molecule has 0 spiro atoms. The van der Waals surface area contributed by atoms with Crippen molar-refractivity contribution in [1.82, 2.24) is 5.32 Å². The molecule has 0 saturated heterocycles. The van der Waals surface area contributed by atoms with Gasteiger partial charge in [0.25, 0.3) is 5.91 Å². The van der Waals surface area contributed by atoms with E-state index in [9.17, 15) is 4.79 Å². The van der Waals surface area contributed by atoms with Gasteiger partial charge in [-0.15, -0.1) is 0 Å². The van der Waals surface area contributed by atoms with Crippen molar-refractivity contribution in [3.63, 3.8) is 0 Å². The van der Waals surface area contributed by atoms with Crippen molar-refractivity contribution >= 4 is 17.5 Å². The van der Waals surface area contributed by atoms with Crippen LogP contribution in [-0.2, 0) is 0 Å². The minimum absolute atomic E-state index is 0.0701. The molecule has 1 aromatic rings. The molecule has 1 aromatic carbocycles. The van der Waals surface area contributed by atoms with Gasteiger partial charge in [-0.2, -0.15) is 0 Å². The number of carbonyl (C=O) groups excluding carboxylic acids is 1. The van der Waals surface area contributed by atoms with Gasteiger partial charge in [0, 0.05) is 16.6 Å². The van der Waals surface area contributed by atoms with Crippen molar-refractivity contribution in [3.05, 3.63) is 34.9 Å². The van der Waals surface area contributed by atoms with E-state index in [0.29, 0.717) is 10.6 Å². The standard InChI is InChI=1S/C10H12ClNO2/c1-7(6-13)12-10(14)8-2-4-9(11)5-3-8/h2-5,7,13H,6H2,1H3,(H,12,14)/t7-/m0/s1. The van der Waals surface area contributed by atoms with Crippen LogP contribution in [0.3, 0.4) is 0 Å². The number of rotatable bonds is 3. The fourth-order valence-corrected chi connectivity index (χ4v) is 1.08. The molecular formula is C10H12ClNO2. The summed E-state index contributed by atoms with van der Waals surface area (Å²) in [6, 6.07) is 6.35. The molecule has 0 fully saturated rings. The Morgan fingerprint density at radius 2 is 2.07 bits per heavy atom. The number of aliphatic hydroxyl groups is 1. The molecule has 0 aromatic heterocycles. The molecule has 76 valence electrons. The van der Waals surface area contributed by atoms with E-state index in [0.717, 1.165) is 0 Å². The van der Waals surface area contributed by atoms with Crippen molar-refractivity contribution in [2.24, 2.45) is 0 Å². The highest BCUT2D eigenvalue weighted by molar-refractivity contribution is 6.30. The van der Waals surface area contributed by atoms with E-state index in [1.165, 1.54) is 0 Å². The lowest BCUT2D eigenvalue weighted by Gasteiger charge is -2.10. The SMILES string of the molecule is C[C@@H](CO)NC(=O)c1ccc(Cl)cc1. The number of amides is 1. The first kappa shape index (κ1) is 11.0. The minimum atomic E-state index is -0.238. The van der Waals surface area contributed by atoms with Gasteiger partial charge in [0.05, 0.1) is 6.61 Å². The first-order valence-electron chi connectivity index (χ1n) is 4.30. The van der Waals surface area contributed by atoms with E-state index in [2.05, 4.69) is 5.32 Å². The molecule has 0 aliphatic rings. The van der Waals surface area contributed by atoms with Crippen LogP contribution < -0.4 is 5.32 Å². The van der Waals surface area contributed by atoms with Crippen LogP contribution in [0.25, 0.3) is 0 Å². The largest absolute Gasteiger partial charge is 0.394 e. The average molecular weight is 214 g/mol. The first-order valence-corrected chi connectivity index (χ1v) is 4.68. The molecule has 0 aliphatic carbocycles. The second-order valence-electron chi connectivity index (χ2n) is 3.06. The van der Waals surface area contributed by atoms with Crippen LogP contribution in [0.1, 0.15) is 17.3 Å². The second kappa shape index (κ2) is 4.98. The fraction of sp³-hybridized carbons (Fsp3) is 0.300. The summed E-state index contributed by atoms with van der Waals surface area (Å²) in [5.41, 5.74) is 0.537. The Hall–Kier alpha value is -1.06. The molecule has 0 radical (unpaired) electrons. The molecule has 1 rings (SSSR count). The third-order valence-electron chi connectivity index (χ3n) is 1.76. The summed E-state index contributed by atoms with van der Waals surface area (Å²) in [4.78, 5) is 11.5. The number of hydrogen-bond acceptors (Lipinski definition) is 2. The van der Waals surface area contributed by atoms with Crippen molar-refractivity contribution in [2.75, 3.05) is 6.61 Å². The van der Waals surface area contributed by atoms with Crippen LogP contribution in [0.4, 0.5) is 0 Å². The van der Waals surface area contributed by atoms with E-state index in [1.54, 1.807) is 31.2 Å². The molecule has 3 nitrogen and oxygen atoms in total. The highest BCUT2D eigenvalue weighted by Crippen LogP contribution is 2.09. The molecule has 4 heteroatoms. The fourth-order valence-electron chi connectivity index (χ4n) is 0.954. The van der Waals surface area contributed by atoms with Gasteiger partial charge in [-0.05, 0) is 31.2 Å². The first-order chi connectivity index (χ1) is 6.63. The Labute approximate surface area is 87.7 Å². The van der Waals surface area contributed by atoms with Gasteiger partial charge in [0.15, 0.2) is 0 Å². The highest BCUT2D eigenvalue weighted by atomic mass is 35.5. The number of carbonyl (C=O) groups is 1. The second-order valence-corrected chi connectivity index (χ2v) is 3.50. The maximum absolute atomic E-state index is 11.5. The Balaban J connectivity index is 2.65. The predicted octanol–water partition coefficient (Wildman–Crippen LogP) is 1.45. The van der Waals surface area contributed by atoms with E-state index < -0.39 is 0 Å². The normalized spacial score (nSPS) is 12.2. The topological polar surface area (TPSA) is 49.3 Å². The summed E-state index contributed by atoms with van der Waals surface area (Å²) in [7, 11) is 0. The van der Waals surface area contributed by atoms with Gasteiger partial charge in [0.2, 0.25) is 0 Å². The molecule has 0 bridgehead atoms. The van der Waals surface area contributed by atoms with Crippen LogP contribution in [-0.4, -0.2) is 23.7 Å². The van der Waals surface area contributed by atoms with E-state index >= 15 is 0 Å². The van der Waals surface area contributed by atoms with Gasteiger partial charge in [-0.3, -0.25) is 4.79 Å². The lowest BCUT2D eigenvalue weighted by molar-refractivity contribution is 0.0922. The molecule has 1 atom stereocenters. The Bertz CT molecular complexity index is 310. The van der Waals surface area contributed by atoms with Crippen LogP contribution in [0.5, 0.6) is 0 Å². The van der Waals surface area contributed by atoms with Crippen molar-refractivity contribution in [1.29, 1.82) is 0 Å². The maximum atomic E-state index is 11.5. The molecule has 1 amide bonds. The summed E-state index contributed by atoms with van der Waals surface area (Å²) in [6.45, 7) is 1.66. The van der Waals surface area contributed by atoms with Crippen LogP contribution in [0.15, 0.2) is 24.3 Å². The van der Waals surface area contributed by atoms with Crippen molar-refractivity contribution in [3.8, 4) is 0 Å². The van der Waals surface area contributed by atoms with Gasteiger partial charge in [-0.1, -0.05) is 11.6 Å². The monoisotopic (exact) mass is 213 g/mol. The molecule has 0 saturated carbocycles.